The van der Waals surface area contributed by atoms with Crippen molar-refractivity contribution < 1.29 is 24.2 Å². The zero-order valence-corrected chi connectivity index (χ0v) is 9.30. The maximum atomic E-state index is 11.2. The number of aliphatic carboxylic acids is 1. The smallest absolute Gasteiger partial charge is 0.412 e. The Morgan fingerprint density at radius 1 is 1.24 bits per heavy atom. The van der Waals surface area contributed by atoms with Crippen LogP contribution in [0.25, 0.3) is 0 Å². The minimum absolute atomic E-state index is 0.0321. The number of methoxy groups -OCH3 is 1. The standard InChI is InChI=1S/C11H13NO5/c1-16-8-2-4-9(5-3-8)17-11(15)12-7-6-10(13)14/h2-5H,6-7H2,1H3,(H,12,15)(H,13,14). The predicted molar refractivity (Wildman–Crippen MR) is 59.3 cm³/mol. The number of hydrogen-bond donors (Lipinski definition) is 2. The minimum Gasteiger partial charge on any atom is -0.497 e. The normalized spacial score (nSPS) is 9.47. The van der Waals surface area contributed by atoms with Gasteiger partial charge in [-0.2, -0.15) is 0 Å². The van der Waals surface area contributed by atoms with Crippen LogP contribution < -0.4 is 14.8 Å². The summed E-state index contributed by atoms with van der Waals surface area (Å²) < 4.78 is 9.84. The maximum Gasteiger partial charge on any atom is 0.412 e. The molecule has 6 heteroatoms. The summed E-state index contributed by atoms with van der Waals surface area (Å²) in [4.78, 5) is 21.4. The fourth-order valence-electron chi connectivity index (χ4n) is 1.06. The van der Waals surface area contributed by atoms with Crippen molar-refractivity contribution in [3.05, 3.63) is 24.3 Å². The van der Waals surface area contributed by atoms with Crippen molar-refractivity contribution in [3.63, 3.8) is 0 Å². The van der Waals surface area contributed by atoms with Gasteiger partial charge in [0.25, 0.3) is 0 Å². The molecule has 0 aliphatic carbocycles. The third kappa shape index (κ3) is 4.87. The van der Waals surface area contributed by atoms with Gasteiger partial charge in [0.05, 0.1) is 13.5 Å². The van der Waals surface area contributed by atoms with Gasteiger partial charge < -0.3 is 19.9 Å². The molecule has 6 nitrogen and oxygen atoms in total. The highest BCUT2D eigenvalue weighted by atomic mass is 16.6. The van der Waals surface area contributed by atoms with E-state index >= 15 is 0 Å². The second-order valence-corrected chi connectivity index (χ2v) is 3.14. The Morgan fingerprint density at radius 2 is 1.82 bits per heavy atom. The SMILES string of the molecule is COc1ccc(OC(=O)NCCC(=O)O)cc1. The van der Waals surface area contributed by atoms with E-state index in [1.165, 1.54) is 7.11 Å². The van der Waals surface area contributed by atoms with Crippen molar-refractivity contribution in [3.8, 4) is 11.5 Å². The summed E-state index contributed by atoms with van der Waals surface area (Å²) in [7, 11) is 1.54. The summed E-state index contributed by atoms with van der Waals surface area (Å²) in [6.07, 6.45) is -0.825. The van der Waals surface area contributed by atoms with Crippen LogP contribution in [0.5, 0.6) is 11.5 Å². The molecule has 0 spiro atoms. The molecule has 0 aliphatic heterocycles. The number of amides is 1. The monoisotopic (exact) mass is 239 g/mol. The van der Waals surface area contributed by atoms with E-state index in [-0.39, 0.29) is 13.0 Å². The summed E-state index contributed by atoms with van der Waals surface area (Å²) >= 11 is 0. The molecule has 0 fully saturated rings. The van der Waals surface area contributed by atoms with Gasteiger partial charge in [0, 0.05) is 6.54 Å². The third-order valence-corrected chi connectivity index (χ3v) is 1.88. The van der Waals surface area contributed by atoms with Crippen molar-refractivity contribution in [1.29, 1.82) is 0 Å². The topological polar surface area (TPSA) is 84.9 Å². The van der Waals surface area contributed by atoms with E-state index in [4.69, 9.17) is 14.6 Å². The molecule has 0 saturated carbocycles. The Kier molecular flexibility index (Phi) is 4.80. The molecule has 0 atom stereocenters. The van der Waals surface area contributed by atoms with Crippen LogP contribution in [-0.2, 0) is 4.79 Å². The molecule has 2 N–H and O–H groups in total. The highest BCUT2D eigenvalue weighted by Crippen LogP contribution is 2.16. The lowest BCUT2D eigenvalue weighted by Crippen LogP contribution is -2.28. The molecule has 0 heterocycles. The number of hydrogen-bond acceptors (Lipinski definition) is 4. The fraction of sp³-hybridized carbons (Fsp3) is 0.273. The van der Waals surface area contributed by atoms with E-state index in [9.17, 15) is 9.59 Å². The van der Waals surface area contributed by atoms with E-state index in [0.717, 1.165) is 0 Å². The van der Waals surface area contributed by atoms with Gasteiger partial charge in [-0.3, -0.25) is 4.79 Å². The van der Waals surface area contributed by atoms with Crippen LogP contribution in [0.2, 0.25) is 0 Å². The highest BCUT2D eigenvalue weighted by Gasteiger charge is 2.05. The molecule has 0 bridgehead atoms. The van der Waals surface area contributed by atoms with Crippen LogP contribution in [0.15, 0.2) is 24.3 Å². The average molecular weight is 239 g/mol. The molecule has 92 valence electrons. The fourth-order valence-corrected chi connectivity index (χ4v) is 1.06. The summed E-state index contributed by atoms with van der Waals surface area (Å²) in [5, 5.41) is 10.7. The minimum atomic E-state index is -0.977. The quantitative estimate of drug-likeness (QED) is 0.807. The van der Waals surface area contributed by atoms with E-state index < -0.39 is 12.1 Å². The number of carbonyl (C=O) groups is 2. The maximum absolute atomic E-state index is 11.2. The van der Waals surface area contributed by atoms with Gasteiger partial charge in [0.2, 0.25) is 0 Å². The number of benzene rings is 1. The van der Waals surface area contributed by atoms with E-state index in [1.807, 2.05) is 0 Å². The first-order valence-electron chi connectivity index (χ1n) is 4.93. The number of carboxylic acid groups (broad SMARTS) is 1. The number of ether oxygens (including phenoxy) is 2. The van der Waals surface area contributed by atoms with Gasteiger partial charge >= 0.3 is 12.1 Å². The molecule has 1 aromatic carbocycles. The van der Waals surface area contributed by atoms with E-state index in [1.54, 1.807) is 24.3 Å². The number of carboxylic acids is 1. The molecule has 0 aromatic heterocycles. The van der Waals surface area contributed by atoms with Crippen molar-refractivity contribution in [2.45, 2.75) is 6.42 Å². The largest absolute Gasteiger partial charge is 0.497 e. The molecule has 0 radical (unpaired) electrons. The molecular weight excluding hydrogens is 226 g/mol. The van der Waals surface area contributed by atoms with Gasteiger partial charge in [-0.1, -0.05) is 0 Å². The summed E-state index contributed by atoms with van der Waals surface area (Å²) in [5.74, 6) is 0.0389. The molecule has 1 rings (SSSR count). The zero-order valence-electron chi connectivity index (χ0n) is 9.30. The lowest BCUT2D eigenvalue weighted by Gasteiger charge is -2.06. The highest BCUT2D eigenvalue weighted by molar-refractivity contribution is 5.72. The molecule has 0 unspecified atom stereocenters. The van der Waals surface area contributed by atoms with E-state index in [0.29, 0.717) is 11.5 Å². The molecule has 1 amide bonds. The van der Waals surface area contributed by atoms with Crippen LogP contribution >= 0.6 is 0 Å². The summed E-state index contributed by atoms with van der Waals surface area (Å²) in [6.45, 7) is 0.0321. The van der Waals surface area contributed by atoms with Gasteiger partial charge in [0.1, 0.15) is 11.5 Å². The molecular formula is C11H13NO5. The summed E-state index contributed by atoms with van der Waals surface area (Å²) in [5.41, 5.74) is 0. The van der Waals surface area contributed by atoms with Gasteiger partial charge in [-0.15, -0.1) is 0 Å². The first-order valence-corrected chi connectivity index (χ1v) is 4.93. The van der Waals surface area contributed by atoms with Gasteiger partial charge in [0.15, 0.2) is 0 Å². The summed E-state index contributed by atoms with van der Waals surface area (Å²) in [6, 6.07) is 6.46. The van der Waals surface area contributed by atoms with Crippen molar-refractivity contribution in [2.75, 3.05) is 13.7 Å². The first kappa shape index (κ1) is 12.8. The number of carbonyl (C=O) groups excluding carboxylic acids is 1. The Hall–Kier alpha value is -2.24. The molecule has 17 heavy (non-hydrogen) atoms. The van der Waals surface area contributed by atoms with E-state index in [2.05, 4.69) is 5.32 Å². The Morgan fingerprint density at radius 3 is 2.35 bits per heavy atom. The number of rotatable bonds is 5. The Bertz CT molecular complexity index is 387. The third-order valence-electron chi connectivity index (χ3n) is 1.88. The molecule has 0 saturated heterocycles. The van der Waals surface area contributed by atoms with Crippen LogP contribution in [0.4, 0.5) is 4.79 Å². The molecule has 1 aromatic rings. The van der Waals surface area contributed by atoms with Crippen LogP contribution in [0.3, 0.4) is 0 Å². The van der Waals surface area contributed by atoms with Crippen LogP contribution in [-0.4, -0.2) is 30.8 Å². The predicted octanol–water partition coefficient (Wildman–Crippen LogP) is 1.26. The van der Waals surface area contributed by atoms with Gasteiger partial charge in [-0.25, -0.2) is 4.79 Å². The van der Waals surface area contributed by atoms with Crippen LogP contribution in [0.1, 0.15) is 6.42 Å². The number of nitrogens with one attached hydrogen (secondary N) is 1. The van der Waals surface area contributed by atoms with Crippen LogP contribution in [0, 0.1) is 0 Å². The zero-order chi connectivity index (χ0) is 12.7. The second-order valence-electron chi connectivity index (χ2n) is 3.14. The van der Waals surface area contributed by atoms with Crippen molar-refractivity contribution in [1.82, 2.24) is 5.32 Å². The lowest BCUT2D eigenvalue weighted by atomic mass is 10.3. The van der Waals surface area contributed by atoms with Crippen molar-refractivity contribution in [2.24, 2.45) is 0 Å². The first-order chi connectivity index (χ1) is 8.11. The lowest BCUT2D eigenvalue weighted by molar-refractivity contribution is -0.136. The second kappa shape index (κ2) is 6.37. The van der Waals surface area contributed by atoms with Gasteiger partial charge in [-0.05, 0) is 24.3 Å². The van der Waals surface area contributed by atoms with Crippen molar-refractivity contribution >= 4 is 12.1 Å². The Labute approximate surface area is 98.2 Å². The average Bonchev–Trinajstić information content (AvgIpc) is 2.29. The molecule has 0 aliphatic rings. The Balaban J connectivity index is 2.37.